The molecule has 2 atom stereocenters. The summed E-state index contributed by atoms with van der Waals surface area (Å²) in [6.45, 7) is 1.88. The van der Waals surface area contributed by atoms with Gasteiger partial charge >= 0.3 is 0 Å². The molecular weight excluding hydrogens is 408 g/mol. The van der Waals surface area contributed by atoms with Gasteiger partial charge in [0.15, 0.2) is 17.3 Å². The van der Waals surface area contributed by atoms with E-state index in [-0.39, 0.29) is 23.4 Å². The Morgan fingerprint density at radius 3 is 2.62 bits per heavy atom. The number of hydrogen-bond donors (Lipinski definition) is 2. The third-order valence-electron chi connectivity index (χ3n) is 6.38. The first-order valence-electron chi connectivity index (χ1n) is 10.5. The van der Waals surface area contributed by atoms with E-state index >= 15 is 0 Å². The second kappa shape index (κ2) is 7.75. The molecule has 1 aromatic heterocycles. The first-order valence-corrected chi connectivity index (χ1v) is 10.5. The van der Waals surface area contributed by atoms with Crippen LogP contribution in [-0.2, 0) is 4.79 Å². The number of aromatic nitrogens is 1. The summed E-state index contributed by atoms with van der Waals surface area (Å²) in [6, 6.07) is 12.9. The van der Waals surface area contributed by atoms with Crippen molar-refractivity contribution in [1.82, 2.24) is 5.16 Å². The molecule has 0 bridgehead atoms. The summed E-state index contributed by atoms with van der Waals surface area (Å²) >= 11 is 0. The van der Waals surface area contributed by atoms with Crippen LogP contribution in [0.2, 0.25) is 0 Å². The Balaban J connectivity index is 1.64. The zero-order valence-corrected chi connectivity index (χ0v) is 18.1. The van der Waals surface area contributed by atoms with E-state index in [1.54, 1.807) is 26.4 Å². The Morgan fingerprint density at radius 2 is 1.88 bits per heavy atom. The number of fused-ring (bicyclic) bond motifs is 1. The Kier molecular flexibility index (Phi) is 4.89. The number of anilines is 1. The van der Waals surface area contributed by atoms with E-state index in [0.717, 1.165) is 28.1 Å². The number of para-hydroxylation sites is 1. The Hall–Kier alpha value is -3.74. The average molecular weight is 432 g/mol. The van der Waals surface area contributed by atoms with Crippen molar-refractivity contribution < 1.29 is 23.9 Å². The van der Waals surface area contributed by atoms with Gasteiger partial charge in [0.05, 0.1) is 25.5 Å². The van der Waals surface area contributed by atoms with Crippen molar-refractivity contribution in [2.45, 2.75) is 31.6 Å². The van der Waals surface area contributed by atoms with Gasteiger partial charge in [0.1, 0.15) is 5.75 Å². The van der Waals surface area contributed by atoms with Crippen LogP contribution in [0, 0.1) is 6.92 Å². The molecule has 0 amide bonds. The summed E-state index contributed by atoms with van der Waals surface area (Å²) in [5.41, 5.74) is 4.77. The molecule has 2 unspecified atom stereocenters. The number of phenols is 1. The highest BCUT2D eigenvalue weighted by atomic mass is 16.5. The number of nitrogens with zero attached hydrogens (tertiary/aromatic N) is 1. The standard InChI is InChI=1S/C25H24N2O5/c1-13-22-23(14-8-9-20(30-2)21(12-14)31-3)24-17(26-25(22)32-27-13)10-15(11-19(24)29)16-6-4-5-7-18(16)28/h4-9,12,15,23,26,28H,10-11H2,1-3H3. The number of rotatable bonds is 4. The van der Waals surface area contributed by atoms with Crippen LogP contribution in [0.15, 0.2) is 58.3 Å². The van der Waals surface area contributed by atoms with Gasteiger partial charge in [-0.3, -0.25) is 4.79 Å². The molecule has 5 rings (SSSR count). The molecule has 2 heterocycles. The van der Waals surface area contributed by atoms with E-state index in [1.165, 1.54) is 0 Å². The van der Waals surface area contributed by atoms with Gasteiger partial charge in [-0.1, -0.05) is 29.4 Å². The van der Waals surface area contributed by atoms with Crippen LogP contribution in [0.3, 0.4) is 0 Å². The van der Waals surface area contributed by atoms with Gasteiger partial charge in [0.25, 0.3) is 0 Å². The largest absolute Gasteiger partial charge is 0.508 e. The Bertz CT molecular complexity index is 1240. The number of ether oxygens (including phenoxy) is 2. The number of carbonyl (C=O) groups excluding carboxylic acids is 1. The molecule has 2 aliphatic rings. The molecule has 32 heavy (non-hydrogen) atoms. The molecule has 0 fully saturated rings. The zero-order chi connectivity index (χ0) is 22.4. The van der Waals surface area contributed by atoms with Crippen LogP contribution < -0.4 is 14.8 Å². The molecule has 3 aromatic rings. The second-order valence-corrected chi connectivity index (χ2v) is 8.16. The van der Waals surface area contributed by atoms with Gasteiger partial charge in [-0.15, -0.1) is 0 Å². The third-order valence-corrected chi connectivity index (χ3v) is 6.38. The number of phenolic OH excluding ortho intramolecular Hbond substituents is 1. The lowest BCUT2D eigenvalue weighted by atomic mass is 9.72. The maximum absolute atomic E-state index is 13.5. The normalized spacial score (nSPS) is 19.8. The minimum Gasteiger partial charge on any atom is -0.508 e. The maximum atomic E-state index is 13.5. The van der Waals surface area contributed by atoms with Crippen molar-refractivity contribution in [3.63, 3.8) is 0 Å². The zero-order valence-electron chi connectivity index (χ0n) is 18.1. The highest BCUT2D eigenvalue weighted by molar-refractivity contribution is 6.01. The van der Waals surface area contributed by atoms with Crippen LogP contribution in [-0.4, -0.2) is 30.3 Å². The first-order chi connectivity index (χ1) is 15.5. The number of Topliss-reactive ketones (excluding diaryl/α,β-unsaturated/α-hetero) is 1. The lowest BCUT2D eigenvalue weighted by Gasteiger charge is -2.34. The van der Waals surface area contributed by atoms with Crippen LogP contribution in [0.5, 0.6) is 17.2 Å². The summed E-state index contributed by atoms with van der Waals surface area (Å²) in [4.78, 5) is 13.5. The molecule has 0 radical (unpaired) electrons. The van der Waals surface area contributed by atoms with E-state index in [1.807, 2.05) is 37.3 Å². The highest BCUT2D eigenvalue weighted by Gasteiger charge is 2.41. The van der Waals surface area contributed by atoms with E-state index < -0.39 is 0 Å². The smallest absolute Gasteiger partial charge is 0.233 e. The van der Waals surface area contributed by atoms with Gasteiger partial charge in [-0.05, 0) is 42.7 Å². The molecule has 0 saturated carbocycles. The van der Waals surface area contributed by atoms with E-state index in [4.69, 9.17) is 14.0 Å². The predicted octanol–water partition coefficient (Wildman–Crippen LogP) is 4.66. The van der Waals surface area contributed by atoms with Gasteiger partial charge in [-0.2, -0.15) is 0 Å². The SMILES string of the molecule is COc1ccc(C2C3=C(CC(c4ccccc4O)CC3=O)Nc3onc(C)c32)cc1OC. The lowest BCUT2D eigenvalue weighted by Crippen LogP contribution is -2.29. The van der Waals surface area contributed by atoms with Gasteiger partial charge in [0.2, 0.25) is 5.88 Å². The summed E-state index contributed by atoms with van der Waals surface area (Å²) in [5, 5.41) is 17.8. The monoisotopic (exact) mass is 432 g/mol. The first kappa shape index (κ1) is 20.2. The predicted molar refractivity (Wildman–Crippen MR) is 118 cm³/mol. The number of ketones is 1. The van der Waals surface area contributed by atoms with Gasteiger partial charge in [-0.25, -0.2) is 0 Å². The van der Waals surface area contributed by atoms with Crippen molar-refractivity contribution in [3.8, 4) is 17.2 Å². The molecule has 7 nitrogen and oxygen atoms in total. The fourth-order valence-corrected chi connectivity index (χ4v) is 4.89. The van der Waals surface area contributed by atoms with Gasteiger partial charge < -0.3 is 24.4 Å². The molecule has 164 valence electrons. The van der Waals surface area contributed by atoms with Crippen molar-refractivity contribution >= 4 is 11.7 Å². The average Bonchev–Trinajstić information content (AvgIpc) is 3.17. The van der Waals surface area contributed by atoms with E-state index in [2.05, 4.69) is 10.5 Å². The quantitative estimate of drug-likeness (QED) is 0.619. The molecule has 2 N–H and O–H groups in total. The van der Waals surface area contributed by atoms with Crippen LogP contribution in [0.4, 0.5) is 5.88 Å². The van der Waals surface area contributed by atoms with Gasteiger partial charge in [0, 0.05) is 29.5 Å². The Labute approximate surface area is 185 Å². The topological polar surface area (TPSA) is 93.8 Å². The number of aryl methyl sites for hydroxylation is 1. The second-order valence-electron chi connectivity index (χ2n) is 8.16. The van der Waals surface area contributed by atoms with E-state index in [0.29, 0.717) is 35.8 Å². The number of carbonyl (C=O) groups is 1. The molecule has 1 aliphatic heterocycles. The van der Waals surface area contributed by atoms with E-state index in [9.17, 15) is 9.90 Å². The summed E-state index contributed by atoms with van der Waals surface area (Å²) in [5.74, 6) is 1.56. The van der Waals surface area contributed by atoms with Crippen molar-refractivity contribution in [1.29, 1.82) is 0 Å². The molecular formula is C25H24N2O5. The third kappa shape index (κ3) is 3.12. The summed E-state index contributed by atoms with van der Waals surface area (Å²) in [6.07, 6.45) is 0.906. The minimum atomic E-state index is -0.329. The summed E-state index contributed by atoms with van der Waals surface area (Å²) in [7, 11) is 3.18. The van der Waals surface area contributed by atoms with Crippen molar-refractivity contribution in [3.05, 3.63) is 76.1 Å². The molecule has 0 spiro atoms. The number of allylic oxidation sites excluding steroid dienone is 2. The molecule has 2 aromatic carbocycles. The van der Waals surface area contributed by atoms with Crippen LogP contribution >= 0.6 is 0 Å². The van der Waals surface area contributed by atoms with Crippen molar-refractivity contribution in [2.75, 3.05) is 19.5 Å². The molecule has 7 heteroatoms. The number of hydrogen-bond acceptors (Lipinski definition) is 7. The number of methoxy groups -OCH3 is 2. The molecule has 0 saturated heterocycles. The van der Waals surface area contributed by atoms with Crippen molar-refractivity contribution in [2.24, 2.45) is 0 Å². The van der Waals surface area contributed by atoms with Crippen LogP contribution in [0.25, 0.3) is 0 Å². The number of aromatic hydroxyl groups is 1. The highest BCUT2D eigenvalue weighted by Crippen LogP contribution is 2.50. The minimum absolute atomic E-state index is 0.0398. The Morgan fingerprint density at radius 1 is 1.09 bits per heavy atom. The molecule has 1 aliphatic carbocycles. The summed E-state index contributed by atoms with van der Waals surface area (Å²) < 4.78 is 16.5. The number of benzene rings is 2. The lowest BCUT2D eigenvalue weighted by molar-refractivity contribution is -0.116. The van der Waals surface area contributed by atoms with Crippen LogP contribution in [0.1, 0.15) is 47.1 Å². The maximum Gasteiger partial charge on any atom is 0.233 e. The fourth-order valence-electron chi connectivity index (χ4n) is 4.89. The fraction of sp³-hybridized carbons (Fsp3) is 0.280. The number of nitrogens with one attached hydrogen (secondary N) is 1.